The van der Waals surface area contributed by atoms with Crippen LogP contribution in [0.25, 0.3) is 0 Å². The van der Waals surface area contributed by atoms with Gasteiger partial charge in [-0.15, -0.1) is 0 Å². The largest absolute Gasteiger partial charge is 0.481 e. The summed E-state index contributed by atoms with van der Waals surface area (Å²) in [5.41, 5.74) is 1.71. The highest BCUT2D eigenvalue weighted by Gasteiger charge is 2.13. The second-order valence-corrected chi connectivity index (χ2v) is 6.50. The lowest BCUT2D eigenvalue weighted by Crippen LogP contribution is -2.33. The average Bonchev–Trinajstić information content (AvgIpc) is 3.24. The van der Waals surface area contributed by atoms with Gasteiger partial charge in [0.05, 0.1) is 13.1 Å². The summed E-state index contributed by atoms with van der Waals surface area (Å²) in [6, 6.07) is 10.2. The lowest BCUT2D eigenvalue weighted by molar-refractivity contribution is -0.136. The molecule has 0 spiro atoms. The van der Waals surface area contributed by atoms with Gasteiger partial charge in [-0.25, -0.2) is 4.98 Å². The molecule has 1 aromatic carbocycles. The monoisotopic (exact) mass is 410 g/mol. The van der Waals surface area contributed by atoms with Crippen LogP contribution < -0.4 is 21.3 Å². The highest BCUT2D eigenvalue weighted by molar-refractivity contribution is 6.01. The molecule has 2 amide bonds. The van der Waals surface area contributed by atoms with Gasteiger partial charge in [-0.3, -0.25) is 19.4 Å². The molecule has 156 valence electrons. The van der Waals surface area contributed by atoms with Crippen molar-refractivity contribution in [3.05, 3.63) is 53.7 Å². The minimum Gasteiger partial charge on any atom is -0.481 e. The first-order chi connectivity index (χ1) is 14.5. The molecule has 30 heavy (non-hydrogen) atoms. The number of guanidine groups is 1. The minimum absolute atomic E-state index is 0.0718. The Balaban J connectivity index is 1.54. The first-order valence-corrected chi connectivity index (χ1v) is 9.40. The summed E-state index contributed by atoms with van der Waals surface area (Å²) < 4.78 is 0. The highest BCUT2D eigenvalue weighted by Crippen LogP contribution is 2.14. The van der Waals surface area contributed by atoms with E-state index in [4.69, 9.17) is 5.11 Å². The number of carbonyl (C=O) groups is 3. The van der Waals surface area contributed by atoms with E-state index in [-0.39, 0.29) is 25.2 Å². The average molecular weight is 410 g/mol. The molecule has 0 radical (unpaired) electrons. The van der Waals surface area contributed by atoms with Crippen LogP contribution in [0.4, 0.5) is 11.5 Å². The zero-order valence-electron chi connectivity index (χ0n) is 16.1. The number of pyridine rings is 1. The zero-order valence-corrected chi connectivity index (χ0v) is 16.1. The van der Waals surface area contributed by atoms with Crippen LogP contribution in [0.15, 0.2) is 47.6 Å². The molecule has 3 rings (SSSR count). The van der Waals surface area contributed by atoms with E-state index in [9.17, 15) is 14.4 Å². The summed E-state index contributed by atoms with van der Waals surface area (Å²) >= 11 is 0. The minimum atomic E-state index is -0.934. The summed E-state index contributed by atoms with van der Waals surface area (Å²) in [5, 5.41) is 20.2. The van der Waals surface area contributed by atoms with Crippen LogP contribution in [-0.4, -0.2) is 53.5 Å². The molecule has 1 aliphatic rings. The van der Waals surface area contributed by atoms with Gasteiger partial charge in [0, 0.05) is 30.4 Å². The molecule has 10 nitrogen and oxygen atoms in total. The maximum Gasteiger partial charge on any atom is 0.303 e. The number of nitrogens with one attached hydrogen (secondary N) is 4. The predicted molar refractivity (Wildman–Crippen MR) is 112 cm³/mol. The molecule has 0 bridgehead atoms. The Labute approximate surface area is 172 Å². The van der Waals surface area contributed by atoms with Gasteiger partial charge in [-0.2, -0.15) is 0 Å². The highest BCUT2D eigenvalue weighted by atomic mass is 16.4. The van der Waals surface area contributed by atoms with E-state index < -0.39 is 17.8 Å². The summed E-state index contributed by atoms with van der Waals surface area (Å²) in [7, 11) is 0. The van der Waals surface area contributed by atoms with Crippen molar-refractivity contribution in [2.45, 2.75) is 12.8 Å². The number of hydrogen-bond donors (Lipinski definition) is 5. The molecule has 0 saturated heterocycles. The molecule has 0 unspecified atom stereocenters. The van der Waals surface area contributed by atoms with Crippen LogP contribution in [0.5, 0.6) is 0 Å². The number of nitrogens with zero attached hydrogens (tertiary/aromatic N) is 2. The molecule has 10 heteroatoms. The number of carbonyl (C=O) groups excluding carboxylic acids is 2. The quantitative estimate of drug-likeness (QED) is 0.434. The van der Waals surface area contributed by atoms with Crippen LogP contribution in [0, 0.1) is 0 Å². The second-order valence-electron chi connectivity index (χ2n) is 6.50. The van der Waals surface area contributed by atoms with Crippen LogP contribution in [0.2, 0.25) is 0 Å². The number of carboxylic acids is 1. The lowest BCUT2D eigenvalue weighted by Gasteiger charge is -2.11. The topological polar surface area (TPSA) is 145 Å². The number of rotatable bonds is 8. The Morgan fingerprint density at radius 3 is 2.80 bits per heavy atom. The van der Waals surface area contributed by atoms with Crippen molar-refractivity contribution in [2.24, 2.45) is 4.99 Å². The van der Waals surface area contributed by atoms with E-state index in [1.807, 2.05) is 6.07 Å². The maximum absolute atomic E-state index is 12.4. The first-order valence-electron chi connectivity index (χ1n) is 9.40. The van der Waals surface area contributed by atoms with Gasteiger partial charge in [0.2, 0.25) is 5.91 Å². The van der Waals surface area contributed by atoms with Gasteiger partial charge in [0.15, 0.2) is 5.96 Å². The zero-order chi connectivity index (χ0) is 21.3. The Morgan fingerprint density at radius 2 is 2.03 bits per heavy atom. The van der Waals surface area contributed by atoms with E-state index >= 15 is 0 Å². The van der Waals surface area contributed by atoms with Crippen molar-refractivity contribution in [1.82, 2.24) is 15.6 Å². The third kappa shape index (κ3) is 6.03. The van der Waals surface area contributed by atoms with E-state index in [1.165, 1.54) is 6.20 Å². The molecular weight excluding hydrogens is 388 g/mol. The number of hydrogen-bond acceptors (Lipinski definition) is 7. The fourth-order valence-corrected chi connectivity index (χ4v) is 2.79. The van der Waals surface area contributed by atoms with Crippen LogP contribution in [0.1, 0.15) is 22.3 Å². The maximum atomic E-state index is 12.4. The molecule has 1 aromatic heterocycles. The number of aryl methyl sites for hydroxylation is 1. The Morgan fingerprint density at radius 1 is 1.17 bits per heavy atom. The summed E-state index contributed by atoms with van der Waals surface area (Å²) in [4.78, 5) is 43.7. The van der Waals surface area contributed by atoms with Crippen molar-refractivity contribution < 1.29 is 19.5 Å². The predicted octanol–water partition coefficient (Wildman–Crippen LogP) is 0.838. The standard InChI is InChI=1S/C20H22N6O4/c27-16(26-18-13(4-2-8-21-18)6-7-17(28)29)12-24-19(30)14-3-1-5-15(11-14)25-20-22-9-10-23-20/h1-5,8,11H,6-7,9-10,12H2,(H,24,30)(H,28,29)(H,21,26,27)(H2,22,23,25). The molecule has 0 saturated carbocycles. The number of aliphatic imine (C=N–C) groups is 1. The van der Waals surface area contributed by atoms with Crippen LogP contribution in [0.3, 0.4) is 0 Å². The number of anilines is 2. The number of benzene rings is 1. The van der Waals surface area contributed by atoms with Crippen molar-refractivity contribution in [3.8, 4) is 0 Å². The van der Waals surface area contributed by atoms with Crippen LogP contribution in [-0.2, 0) is 16.0 Å². The van der Waals surface area contributed by atoms with Gasteiger partial charge in [0.25, 0.3) is 5.91 Å². The van der Waals surface area contributed by atoms with Crippen molar-refractivity contribution in [1.29, 1.82) is 0 Å². The first kappa shape index (κ1) is 20.8. The molecule has 5 N–H and O–H groups in total. The molecule has 0 fully saturated rings. The Hall–Kier alpha value is -3.95. The van der Waals surface area contributed by atoms with Gasteiger partial charge >= 0.3 is 5.97 Å². The second kappa shape index (κ2) is 10.0. The fraction of sp³-hybridized carbons (Fsp3) is 0.250. The smallest absolute Gasteiger partial charge is 0.303 e. The van der Waals surface area contributed by atoms with E-state index in [2.05, 4.69) is 31.2 Å². The summed E-state index contributed by atoms with van der Waals surface area (Å²) in [6.45, 7) is 1.22. The SMILES string of the molecule is O=C(O)CCc1cccnc1NC(=O)CNC(=O)c1cccc(NC2=NCCN2)c1. The summed E-state index contributed by atoms with van der Waals surface area (Å²) in [6.07, 6.45) is 1.67. The van der Waals surface area contributed by atoms with Crippen LogP contribution >= 0.6 is 0 Å². The van der Waals surface area contributed by atoms with Crippen molar-refractivity contribution in [2.75, 3.05) is 30.3 Å². The fourth-order valence-electron chi connectivity index (χ4n) is 2.79. The van der Waals surface area contributed by atoms with E-state index in [0.717, 1.165) is 6.54 Å². The molecule has 0 atom stereocenters. The molecule has 0 aliphatic carbocycles. The van der Waals surface area contributed by atoms with Crippen molar-refractivity contribution >= 4 is 35.2 Å². The van der Waals surface area contributed by atoms with Gasteiger partial charge in [-0.05, 0) is 36.2 Å². The summed E-state index contributed by atoms with van der Waals surface area (Å²) in [5.74, 6) is -0.856. The number of aliphatic carboxylic acids is 1. The van der Waals surface area contributed by atoms with Gasteiger partial charge < -0.3 is 26.4 Å². The third-order valence-corrected chi connectivity index (χ3v) is 4.23. The normalized spacial score (nSPS) is 12.5. The molecule has 1 aliphatic heterocycles. The van der Waals surface area contributed by atoms with Gasteiger partial charge in [0.1, 0.15) is 5.82 Å². The number of aromatic nitrogens is 1. The molecular formula is C20H22N6O4. The third-order valence-electron chi connectivity index (χ3n) is 4.23. The Bertz CT molecular complexity index is 975. The molecule has 2 aromatic rings. The van der Waals surface area contributed by atoms with Crippen molar-refractivity contribution in [3.63, 3.8) is 0 Å². The number of amides is 2. The Kier molecular flexibility index (Phi) is 6.93. The molecule has 2 heterocycles. The van der Waals surface area contributed by atoms with Gasteiger partial charge in [-0.1, -0.05) is 12.1 Å². The number of carboxylic acid groups (broad SMARTS) is 1. The van der Waals surface area contributed by atoms with E-state index in [0.29, 0.717) is 29.3 Å². The van der Waals surface area contributed by atoms with E-state index in [1.54, 1.807) is 30.3 Å². The lowest BCUT2D eigenvalue weighted by atomic mass is 10.1.